The van der Waals surface area contributed by atoms with E-state index in [4.69, 9.17) is 20.4 Å². The Morgan fingerprint density at radius 2 is 1.22 bits per heavy atom. The minimum atomic E-state index is -0.986. The first-order valence-electron chi connectivity index (χ1n) is 5.41. The maximum absolute atomic E-state index is 10.1. The van der Waals surface area contributed by atoms with E-state index < -0.39 is 23.3 Å². The molecule has 0 spiro atoms. The van der Waals surface area contributed by atoms with E-state index in [1.165, 1.54) is 13.8 Å². The topological polar surface area (TPSA) is 132 Å². The Bertz CT molecular complexity index is 267. The van der Waals surface area contributed by atoms with E-state index in [1.54, 1.807) is 0 Å². The number of rotatable bonds is 7. The maximum atomic E-state index is 10.1. The van der Waals surface area contributed by atoms with Crippen LogP contribution >= 0.6 is 0 Å². The summed E-state index contributed by atoms with van der Waals surface area (Å²) in [7, 11) is 0. The van der Waals surface area contributed by atoms with Crippen molar-refractivity contribution in [2.45, 2.75) is 39.5 Å². The van der Waals surface area contributed by atoms with Gasteiger partial charge in [0, 0.05) is 12.8 Å². The van der Waals surface area contributed by atoms with Gasteiger partial charge in [0.15, 0.2) is 0 Å². The fourth-order valence-corrected chi connectivity index (χ4v) is 0.620. The van der Waals surface area contributed by atoms with E-state index in [0.717, 1.165) is 0 Å². The number of carboxylic acid groups (broad SMARTS) is 3. The summed E-state index contributed by atoms with van der Waals surface area (Å²) in [6.07, 6.45) is 1.02. The van der Waals surface area contributed by atoms with Crippen LogP contribution in [0.3, 0.4) is 0 Å². The van der Waals surface area contributed by atoms with Gasteiger partial charge in [0.25, 0.3) is 0 Å². The van der Waals surface area contributed by atoms with E-state index in [1.807, 2.05) is 0 Å². The van der Waals surface area contributed by atoms with Gasteiger partial charge in [-0.3, -0.25) is 14.4 Å². The second-order valence-corrected chi connectivity index (χ2v) is 4.34. The van der Waals surface area contributed by atoms with Crippen LogP contribution in [-0.4, -0.2) is 44.9 Å². The zero-order valence-corrected chi connectivity index (χ0v) is 10.5. The van der Waals surface area contributed by atoms with E-state index in [9.17, 15) is 14.4 Å². The highest BCUT2D eigenvalue weighted by atomic mass is 16.4. The zero-order chi connectivity index (χ0) is 14.8. The Balaban J connectivity index is 0. The highest BCUT2D eigenvalue weighted by molar-refractivity contribution is 5.73. The van der Waals surface area contributed by atoms with Gasteiger partial charge >= 0.3 is 17.9 Å². The molecular formula is C11H20O7. The van der Waals surface area contributed by atoms with Crippen LogP contribution in [0.2, 0.25) is 0 Å². The van der Waals surface area contributed by atoms with Gasteiger partial charge in [-0.2, -0.15) is 0 Å². The summed E-state index contributed by atoms with van der Waals surface area (Å²) in [5.74, 6) is -2.71. The number of hydrogen-bond acceptors (Lipinski definition) is 4. The molecule has 0 bridgehead atoms. The Labute approximate surface area is 105 Å². The molecular weight excluding hydrogens is 244 g/mol. The molecule has 0 rings (SSSR count). The third kappa shape index (κ3) is 12.4. The lowest BCUT2D eigenvalue weighted by Crippen LogP contribution is -2.27. The van der Waals surface area contributed by atoms with Crippen molar-refractivity contribution in [3.05, 3.63) is 0 Å². The molecule has 4 N–H and O–H groups in total. The standard InChI is InChI=1S/C6H10O4.C5H10O3/c7-5(8)3-1-2-4-6(9)10;1-5(2,3-6)4(7)8/h1-4H2,(H,7,8)(H,9,10);6H,3H2,1-2H3,(H,7,8). The monoisotopic (exact) mass is 264 g/mol. The first-order chi connectivity index (χ1) is 8.13. The highest BCUT2D eigenvalue weighted by Crippen LogP contribution is 2.12. The van der Waals surface area contributed by atoms with Crippen LogP contribution in [-0.2, 0) is 14.4 Å². The summed E-state index contributed by atoms with van der Waals surface area (Å²) in [6, 6.07) is 0. The number of aliphatic hydroxyl groups excluding tert-OH is 1. The molecule has 0 aromatic rings. The molecule has 0 unspecified atom stereocenters. The van der Waals surface area contributed by atoms with E-state index >= 15 is 0 Å². The van der Waals surface area contributed by atoms with Crippen molar-refractivity contribution in [2.75, 3.05) is 6.61 Å². The van der Waals surface area contributed by atoms with E-state index in [2.05, 4.69) is 0 Å². The molecule has 0 saturated carbocycles. The minimum Gasteiger partial charge on any atom is -0.481 e. The predicted octanol–water partition coefficient (Wildman–Crippen LogP) is 0.805. The Hall–Kier alpha value is -1.63. The van der Waals surface area contributed by atoms with Gasteiger partial charge < -0.3 is 20.4 Å². The Morgan fingerprint density at radius 1 is 0.889 bits per heavy atom. The first-order valence-corrected chi connectivity index (χ1v) is 5.41. The predicted molar refractivity (Wildman–Crippen MR) is 62.2 cm³/mol. The van der Waals surface area contributed by atoms with Crippen LogP contribution in [0.15, 0.2) is 0 Å². The van der Waals surface area contributed by atoms with Gasteiger partial charge in [-0.15, -0.1) is 0 Å². The van der Waals surface area contributed by atoms with Crippen molar-refractivity contribution in [3.8, 4) is 0 Å². The molecule has 0 aromatic carbocycles. The number of aliphatic hydroxyl groups is 1. The number of unbranched alkanes of at least 4 members (excludes halogenated alkanes) is 1. The number of hydrogen-bond donors (Lipinski definition) is 4. The van der Waals surface area contributed by atoms with Crippen LogP contribution in [0.1, 0.15) is 39.5 Å². The lowest BCUT2D eigenvalue weighted by Gasteiger charge is -2.13. The van der Waals surface area contributed by atoms with Gasteiger partial charge in [-0.25, -0.2) is 0 Å². The number of aliphatic carboxylic acids is 3. The molecule has 0 amide bonds. The average molecular weight is 264 g/mol. The Morgan fingerprint density at radius 3 is 1.33 bits per heavy atom. The van der Waals surface area contributed by atoms with Crippen LogP contribution in [0, 0.1) is 5.41 Å². The lowest BCUT2D eigenvalue weighted by molar-refractivity contribution is -0.149. The molecule has 0 atom stereocenters. The van der Waals surface area contributed by atoms with Gasteiger partial charge in [0.2, 0.25) is 0 Å². The fourth-order valence-electron chi connectivity index (χ4n) is 0.620. The molecule has 0 fully saturated rings. The lowest BCUT2D eigenvalue weighted by atomic mass is 9.96. The molecule has 0 aromatic heterocycles. The van der Waals surface area contributed by atoms with Gasteiger partial charge in [0.05, 0.1) is 12.0 Å². The first kappa shape index (κ1) is 18.7. The average Bonchev–Trinajstić information content (AvgIpc) is 2.24. The third-order valence-electron chi connectivity index (χ3n) is 2.01. The number of carbonyl (C=O) groups is 3. The summed E-state index contributed by atoms with van der Waals surface area (Å²) >= 11 is 0. The quantitative estimate of drug-likeness (QED) is 0.500. The van der Waals surface area contributed by atoms with Crippen LogP contribution in [0.4, 0.5) is 0 Å². The van der Waals surface area contributed by atoms with Crippen molar-refractivity contribution in [3.63, 3.8) is 0 Å². The summed E-state index contributed by atoms with van der Waals surface area (Å²) in [4.78, 5) is 29.9. The third-order valence-corrected chi connectivity index (χ3v) is 2.01. The van der Waals surface area contributed by atoms with Crippen molar-refractivity contribution < 1.29 is 34.8 Å². The molecule has 7 heteroatoms. The molecule has 0 aliphatic carbocycles. The molecule has 0 heterocycles. The van der Waals surface area contributed by atoms with Crippen molar-refractivity contribution in [2.24, 2.45) is 5.41 Å². The van der Waals surface area contributed by atoms with Crippen molar-refractivity contribution in [1.29, 1.82) is 0 Å². The Kier molecular flexibility index (Phi) is 9.79. The van der Waals surface area contributed by atoms with E-state index in [-0.39, 0.29) is 19.4 Å². The SMILES string of the molecule is CC(C)(CO)C(=O)O.O=C(O)CCCCC(=O)O. The molecule has 7 nitrogen and oxygen atoms in total. The largest absolute Gasteiger partial charge is 0.481 e. The second kappa shape index (κ2) is 9.41. The molecule has 0 aliphatic rings. The zero-order valence-electron chi connectivity index (χ0n) is 10.5. The van der Waals surface area contributed by atoms with Crippen molar-refractivity contribution >= 4 is 17.9 Å². The molecule has 0 radical (unpaired) electrons. The number of carboxylic acids is 3. The molecule has 0 saturated heterocycles. The van der Waals surface area contributed by atoms with Gasteiger partial charge in [-0.1, -0.05) is 0 Å². The smallest absolute Gasteiger partial charge is 0.311 e. The van der Waals surface area contributed by atoms with Crippen LogP contribution in [0.25, 0.3) is 0 Å². The van der Waals surface area contributed by atoms with Gasteiger partial charge in [-0.05, 0) is 26.7 Å². The highest BCUT2D eigenvalue weighted by Gasteiger charge is 2.25. The fraction of sp³-hybridized carbons (Fsp3) is 0.727. The molecule has 18 heavy (non-hydrogen) atoms. The molecule has 106 valence electrons. The summed E-state index contributed by atoms with van der Waals surface area (Å²) < 4.78 is 0. The normalized spacial score (nSPS) is 10.2. The second-order valence-electron chi connectivity index (χ2n) is 4.34. The maximum Gasteiger partial charge on any atom is 0.311 e. The van der Waals surface area contributed by atoms with Gasteiger partial charge in [0.1, 0.15) is 0 Å². The summed E-state index contributed by atoms with van der Waals surface area (Å²) in [5, 5.41) is 32.9. The van der Waals surface area contributed by atoms with Crippen LogP contribution in [0.5, 0.6) is 0 Å². The molecule has 0 aliphatic heterocycles. The summed E-state index contributed by atoms with van der Waals surface area (Å²) in [6.45, 7) is 2.62. The van der Waals surface area contributed by atoms with E-state index in [0.29, 0.717) is 12.8 Å². The van der Waals surface area contributed by atoms with Crippen molar-refractivity contribution in [1.82, 2.24) is 0 Å². The minimum absolute atomic E-state index is 0.0628. The van der Waals surface area contributed by atoms with Crippen LogP contribution < -0.4 is 0 Å². The summed E-state index contributed by atoms with van der Waals surface area (Å²) in [5.41, 5.74) is -0.986.